The number of rotatable bonds is 4. The van der Waals surface area contributed by atoms with E-state index in [-0.39, 0.29) is 16.6 Å². The van der Waals surface area contributed by atoms with Crippen LogP contribution in [0.1, 0.15) is 54.7 Å². The molecule has 1 atom stereocenters. The van der Waals surface area contributed by atoms with E-state index in [0.717, 1.165) is 0 Å². The Kier molecular flexibility index (Phi) is 5.11. The van der Waals surface area contributed by atoms with Crippen molar-refractivity contribution in [1.82, 2.24) is 9.97 Å². The van der Waals surface area contributed by atoms with Crippen molar-refractivity contribution in [3.8, 4) is 0 Å². The van der Waals surface area contributed by atoms with Gasteiger partial charge in [0.05, 0.1) is 17.3 Å². The van der Waals surface area contributed by atoms with Gasteiger partial charge in [0.25, 0.3) is 5.91 Å². The van der Waals surface area contributed by atoms with E-state index in [9.17, 15) is 9.90 Å². The number of anilines is 1. The van der Waals surface area contributed by atoms with Crippen LogP contribution in [0, 0.1) is 0 Å². The second-order valence-electron chi connectivity index (χ2n) is 5.30. The zero-order chi connectivity index (χ0) is 16.3. The van der Waals surface area contributed by atoms with Crippen molar-refractivity contribution in [2.45, 2.75) is 32.8 Å². The number of nitrogens with zero attached hydrogens (tertiary/aromatic N) is 2. The zero-order valence-electron chi connectivity index (χ0n) is 12.7. The maximum atomic E-state index is 12.4. The maximum absolute atomic E-state index is 12.4. The van der Waals surface area contributed by atoms with Crippen LogP contribution in [0.2, 0.25) is 5.02 Å². The topological polar surface area (TPSA) is 75.1 Å². The number of amides is 1. The van der Waals surface area contributed by atoms with Crippen molar-refractivity contribution < 1.29 is 9.90 Å². The van der Waals surface area contributed by atoms with Gasteiger partial charge < -0.3 is 10.4 Å². The van der Waals surface area contributed by atoms with Gasteiger partial charge in [-0.05, 0) is 13.0 Å². The van der Waals surface area contributed by atoms with E-state index in [0.29, 0.717) is 17.1 Å². The average Bonchev–Trinajstić information content (AvgIpc) is 2.47. The molecule has 0 saturated carbocycles. The lowest BCUT2D eigenvalue weighted by Crippen LogP contribution is -2.17. The zero-order valence-corrected chi connectivity index (χ0v) is 13.4. The van der Waals surface area contributed by atoms with Crippen LogP contribution in [0.5, 0.6) is 0 Å². The largest absolute Gasteiger partial charge is 0.389 e. The summed E-state index contributed by atoms with van der Waals surface area (Å²) in [5.74, 6) is 0.217. The van der Waals surface area contributed by atoms with Crippen LogP contribution in [0.25, 0.3) is 0 Å². The summed E-state index contributed by atoms with van der Waals surface area (Å²) in [4.78, 5) is 20.8. The summed E-state index contributed by atoms with van der Waals surface area (Å²) >= 11 is 6.03. The molecular weight excluding hydrogens is 302 g/mol. The predicted octanol–water partition coefficient (Wildman–Crippen LogP) is 3.56. The Labute approximate surface area is 134 Å². The molecule has 22 heavy (non-hydrogen) atoms. The Morgan fingerprint density at radius 3 is 2.59 bits per heavy atom. The molecular formula is C16H18ClN3O2. The highest BCUT2D eigenvalue weighted by atomic mass is 35.5. The molecule has 2 aromatic rings. The third kappa shape index (κ3) is 3.61. The fraction of sp³-hybridized carbons (Fsp3) is 0.312. The molecule has 5 nitrogen and oxygen atoms in total. The minimum Gasteiger partial charge on any atom is -0.389 e. The summed E-state index contributed by atoms with van der Waals surface area (Å²) in [5.41, 5.74) is 1.29. The van der Waals surface area contributed by atoms with E-state index in [1.54, 1.807) is 31.2 Å². The number of aromatic nitrogens is 2. The SMILES string of the molecule is CC(C)c1ncc(Cl)c(C(=O)Nc2ccccc2C(C)O)n1. The highest BCUT2D eigenvalue weighted by Gasteiger charge is 2.17. The lowest BCUT2D eigenvalue weighted by Gasteiger charge is -2.13. The third-order valence-corrected chi connectivity index (χ3v) is 3.43. The van der Waals surface area contributed by atoms with E-state index in [4.69, 9.17) is 11.6 Å². The van der Waals surface area contributed by atoms with E-state index in [1.165, 1.54) is 6.20 Å². The number of carbonyl (C=O) groups excluding carboxylic acids is 1. The molecule has 0 fully saturated rings. The number of hydrogen-bond donors (Lipinski definition) is 2. The molecule has 1 amide bonds. The number of hydrogen-bond acceptors (Lipinski definition) is 4. The standard InChI is InChI=1S/C16H18ClN3O2/c1-9(2)15-18-8-12(17)14(20-15)16(22)19-13-7-5-4-6-11(13)10(3)21/h4-10,21H,1-3H3,(H,19,22). The number of carbonyl (C=O) groups is 1. The summed E-state index contributed by atoms with van der Waals surface area (Å²) in [6, 6.07) is 7.05. The van der Waals surface area contributed by atoms with E-state index in [1.807, 2.05) is 13.8 Å². The fourth-order valence-electron chi connectivity index (χ4n) is 1.97. The molecule has 1 aromatic heterocycles. The molecule has 0 spiro atoms. The molecule has 0 bridgehead atoms. The number of halogens is 1. The first kappa shape index (κ1) is 16.4. The highest BCUT2D eigenvalue weighted by molar-refractivity contribution is 6.33. The maximum Gasteiger partial charge on any atom is 0.275 e. The smallest absolute Gasteiger partial charge is 0.275 e. The third-order valence-electron chi connectivity index (χ3n) is 3.15. The second-order valence-corrected chi connectivity index (χ2v) is 5.70. The van der Waals surface area contributed by atoms with Gasteiger partial charge in [0.1, 0.15) is 5.82 Å². The van der Waals surface area contributed by atoms with E-state index >= 15 is 0 Å². The normalized spacial score (nSPS) is 12.3. The number of benzene rings is 1. The number of para-hydroxylation sites is 1. The monoisotopic (exact) mass is 319 g/mol. The van der Waals surface area contributed by atoms with Gasteiger partial charge in [-0.15, -0.1) is 0 Å². The van der Waals surface area contributed by atoms with E-state index < -0.39 is 12.0 Å². The van der Waals surface area contributed by atoms with Crippen LogP contribution >= 0.6 is 11.6 Å². The molecule has 1 heterocycles. The fourth-order valence-corrected chi connectivity index (χ4v) is 2.15. The van der Waals surface area contributed by atoms with Crippen LogP contribution in [0.15, 0.2) is 30.5 Å². The van der Waals surface area contributed by atoms with Gasteiger partial charge in [-0.2, -0.15) is 0 Å². The predicted molar refractivity (Wildman–Crippen MR) is 86.2 cm³/mol. The molecule has 2 N–H and O–H groups in total. The van der Waals surface area contributed by atoms with Crippen LogP contribution in [0.3, 0.4) is 0 Å². The van der Waals surface area contributed by atoms with Crippen molar-refractivity contribution >= 4 is 23.2 Å². The number of nitrogens with one attached hydrogen (secondary N) is 1. The summed E-state index contributed by atoms with van der Waals surface area (Å²) in [6.45, 7) is 5.51. The Bertz CT molecular complexity index is 687. The highest BCUT2D eigenvalue weighted by Crippen LogP contribution is 2.24. The molecule has 6 heteroatoms. The first-order valence-electron chi connectivity index (χ1n) is 7.01. The van der Waals surface area contributed by atoms with Crippen molar-refractivity contribution in [3.63, 3.8) is 0 Å². The van der Waals surface area contributed by atoms with Gasteiger partial charge in [0.15, 0.2) is 5.69 Å². The minimum absolute atomic E-state index is 0.0913. The minimum atomic E-state index is -0.691. The number of aliphatic hydroxyl groups excluding tert-OH is 1. The van der Waals surface area contributed by atoms with Crippen LogP contribution in [-0.4, -0.2) is 21.0 Å². The molecule has 0 saturated heterocycles. The first-order chi connectivity index (χ1) is 10.4. The Balaban J connectivity index is 2.32. The number of aliphatic hydroxyl groups is 1. The van der Waals surface area contributed by atoms with Crippen LogP contribution in [-0.2, 0) is 0 Å². The summed E-state index contributed by atoms with van der Waals surface area (Å²) in [6.07, 6.45) is 0.739. The quantitative estimate of drug-likeness (QED) is 0.903. The molecule has 0 aliphatic carbocycles. The molecule has 0 aliphatic rings. The average molecular weight is 320 g/mol. The molecule has 0 radical (unpaired) electrons. The van der Waals surface area contributed by atoms with Crippen molar-refractivity contribution in [1.29, 1.82) is 0 Å². The Hall–Kier alpha value is -1.98. The van der Waals surface area contributed by atoms with Crippen molar-refractivity contribution in [3.05, 3.63) is 52.6 Å². The van der Waals surface area contributed by atoms with Crippen LogP contribution < -0.4 is 5.32 Å². The van der Waals surface area contributed by atoms with E-state index in [2.05, 4.69) is 15.3 Å². The summed E-state index contributed by atoms with van der Waals surface area (Å²) in [7, 11) is 0. The lowest BCUT2D eigenvalue weighted by molar-refractivity contribution is 0.102. The molecule has 116 valence electrons. The first-order valence-corrected chi connectivity index (χ1v) is 7.38. The Morgan fingerprint density at radius 2 is 1.95 bits per heavy atom. The summed E-state index contributed by atoms with van der Waals surface area (Å²) in [5, 5.41) is 12.7. The Morgan fingerprint density at radius 1 is 1.27 bits per heavy atom. The molecule has 2 rings (SSSR count). The van der Waals surface area contributed by atoms with Crippen molar-refractivity contribution in [2.24, 2.45) is 0 Å². The van der Waals surface area contributed by atoms with Gasteiger partial charge in [0, 0.05) is 17.2 Å². The van der Waals surface area contributed by atoms with Gasteiger partial charge in [-0.3, -0.25) is 4.79 Å². The molecule has 1 unspecified atom stereocenters. The molecule has 1 aromatic carbocycles. The van der Waals surface area contributed by atoms with Gasteiger partial charge in [-0.25, -0.2) is 9.97 Å². The van der Waals surface area contributed by atoms with Crippen molar-refractivity contribution in [2.75, 3.05) is 5.32 Å². The van der Waals surface area contributed by atoms with Gasteiger partial charge in [-0.1, -0.05) is 43.6 Å². The summed E-state index contributed by atoms with van der Waals surface area (Å²) < 4.78 is 0. The molecule has 0 aliphatic heterocycles. The second kappa shape index (κ2) is 6.85. The van der Waals surface area contributed by atoms with Gasteiger partial charge in [0.2, 0.25) is 0 Å². The van der Waals surface area contributed by atoms with Crippen LogP contribution in [0.4, 0.5) is 5.69 Å². The van der Waals surface area contributed by atoms with Gasteiger partial charge >= 0.3 is 0 Å². The lowest BCUT2D eigenvalue weighted by atomic mass is 10.1.